The van der Waals surface area contributed by atoms with Gasteiger partial charge in [-0.2, -0.15) is 0 Å². The van der Waals surface area contributed by atoms with E-state index < -0.39 is 5.97 Å². The Morgan fingerprint density at radius 3 is 2.85 bits per heavy atom. The zero-order valence-corrected chi connectivity index (χ0v) is 11.3. The zero-order chi connectivity index (χ0) is 14.5. The zero-order valence-electron chi connectivity index (χ0n) is 11.3. The number of rotatable bonds is 5. The van der Waals surface area contributed by atoms with Gasteiger partial charge in [0.1, 0.15) is 23.7 Å². The molecule has 20 heavy (non-hydrogen) atoms. The number of benzene rings is 1. The van der Waals surface area contributed by atoms with Crippen LogP contribution in [0.5, 0.6) is 11.5 Å². The van der Waals surface area contributed by atoms with Crippen LogP contribution in [0.2, 0.25) is 0 Å². The van der Waals surface area contributed by atoms with E-state index in [2.05, 4.69) is 4.98 Å². The molecule has 0 bridgehead atoms. The summed E-state index contributed by atoms with van der Waals surface area (Å²) in [6.45, 7) is 2.05. The first kappa shape index (κ1) is 13.9. The maximum absolute atomic E-state index is 11.1. The molecule has 2 aromatic rings. The van der Waals surface area contributed by atoms with Crippen molar-refractivity contribution in [2.75, 3.05) is 7.11 Å². The van der Waals surface area contributed by atoms with Crippen molar-refractivity contribution >= 4 is 5.97 Å². The van der Waals surface area contributed by atoms with Crippen LogP contribution in [0.3, 0.4) is 0 Å². The van der Waals surface area contributed by atoms with Gasteiger partial charge in [0.2, 0.25) is 0 Å². The second-order valence-corrected chi connectivity index (χ2v) is 4.27. The molecule has 0 aliphatic rings. The number of hydrogen-bond acceptors (Lipinski definition) is 4. The van der Waals surface area contributed by atoms with E-state index in [1.165, 1.54) is 6.20 Å². The Balaban J connectivity index is 2.17. The van der Waals surface area contributed by atoms with Crippen molar-refractivity contribution in [3.63, 3.8) is 0 Å². The second-order valence-electron chi connectivity index (χ2n) is 4.27. The predicted octanol–water partition coefficient (Wildman–Crippen LogP) is 2.68. The second kappa shape index (κ2) is 6.06. The molecular formula is C15H15NO4. The normalized spacial score (nSPS) is 10.1. The number of pyridine rings is 1. The van der Waals surface area contributed by atoms with Crippen molar-refractivity contribution in [3.8, 4) is 11.5 Å². The summed E-state index contributed by atoms with van der Waals surface area (Å²) in [7, 11) is 1.59. The molecule has 0 aliphatic heterocycles. The highest BCUT2D eigenvalue weighted by Crippen LogP contribution is 2.21. The third-order valence-corrected chi connectivity index (χ3v) is 2.76. The molecule has 0 spiro atoms. The molecule has 0 fully saturated rings. The van der Waals surface area contributed by atoms with Gasteiger partial charge in [-0.05, 0) is 24.6 Å². The van der Waals surface area contributed by atoms with E-state index in [0.717, 1.165) is 11.3 Å². The minimum atomic E-state index is -1.06. The summed E-state index contributed by atoms with van der Waals surface area (Å²) in [5, 5.41) is 9.10. The Morgan fingerprint density at radius 1 is 1.35 bits per heavy atom. The lowest BCUT2D eigenvalue weighted by molar-refractivity contribution is 0.0691. The summed E-state index contributed by atoms with van der Waals surface area (Å²) in [6.07, 6.45) is 1.30. The summed E-state index contributed by atoms with van der Waals surface area (Å²) in [6, 6.07) is 9.03. The van der Waals surface area contributed by atoms with Gasteiger partial charge in [0.15, 0.2) is 0 Å². The van der Waals surface area contributed by atoms with Crippen molar-refractivity contribution in [2.45, 2.75) is 13.5 Å². The number of ether oxygens (including phenoxy) is 2. The number of carboxylic acids is 1. The minimum Gasteiger partial charge on any atom is -0.497 e. The Bertz CT molecular complexity index is 625. The van der Waals surface area contributed by atoms with Gasteiger partial charge in [-0.15, -0.1) is 0 Å². The van der Waals surface area contributed by atoms with Crippen LogP contribution in [0.15, 0.2) is 36.5 Å². The molecule has 5 heteroatoms. The first-order chi connectivity index (χ1) is 9.60. The molecule has 5 nitrogen and oxygen atoms in total. The van der Waals surface area contributed by atoms with Crippen molar-refractivity contribution in [1.29, 1.82) is 0 Å². The fourth-order valence-corrected chi connectivity index (χ4v) is 1.74. The SMILES string of the molecule is COc1cccc(COc2cc(C)ncc2C(=O)O)c1. The Labute approximate surface area is 116 Å². The standard InChI is InChI=1S/C15H15NO4/c1-10-6-14(13(8-16-10)15(17)18)20-9-11-4-3-5-12(7-11)19-2/h3-8H,9H2,1-2H3,(H,17,18). The number of aromatic carboxylic acids is 1. The quantitative estimate of drug-likeness (QED) is 0.907. The number of nitrogens with zero attached hydrogens (tertiary/aromatic N) is 1. The summed E-state index contributed by atoms with van der Waals surface area (Å²) >= 11 is 0. The van der Waals surface area contributed by atoms with Crippen LogP contribution in [-0.4, -0.2) is 23.2 Å². The first-order valence-corrected chi connectivity index (χ1v) is 6.06. The molecule has 0 atom stereocenters. The fourth-order valence-electron chi connectivity index (χ4n) is 1.74. The lowest BCUT2D eigenvalue weighted by Crippen LogP contribution is -2.05. The molecular weight excluding hydrogens is 258 g/mol. The van der Waals surface area contributed by atoms with E-state index in [1.807, 2.05) is 24.3 Å². The fraction of sp³-hybridized carbons (Fsp3) is 0.200. The summed E-state index contributed by atoms with van der Waals surface area (Å²) in [5.74, 6) is -0.0126. The molecule has 0 unspecified atom stereocenters. The largest absolute Gasteiger partial charge is 0.497 e. The lowest BCUT2D eigenvalue weighted by Gasteiger charge is -2.10. The first-order valence-electron chi connectivity index (χ1n) is 6.06. The molecule has 0 saturated carbocycles. The van der Waals surface area contributed by atoms with E-state index in [9.17, 15) is 4.79 Å². The smallest absolute Gasteiger partial charge is 0.341 e. The highest BCUT2D eigenvalue weighted by Gasteiger charge is 2.12. The van der Waals surface area contributed by atoms with Crippen LogP contribution in [0.25, 0.3) is 0 Å². The molecule has 1 N–H and O–H groups in total. The third-order valence-electron chi connectivity index (χ3n) is 2.76. The van der Waals surface area contributed by atoms with Gasteiger partial charge < -0.3 is 14.6 Å². The number of methoxy groups -OCH3 is 1. The van der Waals surface area contributed by atoms with Crippen molar-refractivity contribution in [1.82, 2.24) is 4.98 Å². The van der Waals surface area contributed by atoms with Crippen LogP contribution in [0.4, 0.5) is 0 Å². The average molecular weight is 273 g/mol. The number of hydrogen-bond donors (Lipinski definition) is 1. The highest BCUT2D eigenvalue weighted by molar-refractivity contribution is 5.90. The predicted molar refractivity (Wildman–Crippen MR) is 73.3 cm³/mol. The number of carbonyl (C=O) groups is 1. The maximum Gasteiger partial charge on any atom is 0.341 e. The molecule has 0 aliphatic carbocycles. The van der Waals surface area contributed by atoms with Crippen LogP contribution in [0, 0.1) is 6.92 Å². The lowest BCUT2D eigenvalue weighted by atomic mass is 10.2. The molecule has 2 rings (SSSR count). The molecule has 1 aromatic heterocycles. The maximum atomic E-state index is 11.1. The molecule has 0 amide bonds. The van der Waals surface area contributed by atoms with Crippen LogP contribution in [0.1, 0.15) is 21.6 Å². The molecule has 0 saturated heterocycles. The average Bonchev–Trinajstić information content (AvgIpc) is 2.45. The minimum absolute atomic E-state index is 0.0542. The number of aryl methyl sites for hydroxylation is 1. The Hall–Kier alpha value is -2.56. The van der Waals surface area contributed by atoms with Crippen LogP contribution >= 0.6 is 0 Å². The van der Waals surface area contributed by atoms with Crippen molar-refractivity contribution in [3.05, 3.63) is 53.3 Å². The van der Waals surface area contributed by atoms with Gasteiger partial charge in [-0.3, -0.25) is 4.98 Å². The summed E-state index contributed by atoms with van der Waals surface area (Å²) in [5.41, 5.74) is 1.66. The third kappa shape index (κ3) is 3.26. The highest BCUT2D eigenvalue weighted by atomic mass is 16.5. The van der Waals surface area contributed by atoms with E-state index in [0.29, 0.717) is 11.4 Å². The summed E-state index contributed by atoms with van der Waals surface area (Å²) in [4.78, 5) is 15.1. The Morgan fingerprint density at radius 2 is 2.15 bits per heavy atom. The van der Waals surface area contributed by atoms with E-state index >= 15 is 0 Å². The number of carboxylic acid groups (broad SMARTS) is 1. The molecule has 104 valence electrons. The van der Waals surface area contributed by atoms with E-state index in [-0.39, 0.29) is 12.2 Å². The van der Waals surface area contributed by atoms with Crippen LogP contribution in [-0.2, 0) is 6.61 Å². The van der Waals surface area contributed by atoms with Crippen LogP contribution < -0.4 is 9.47 Å². The van der Waals surface area contributed by atoms with Gasteiger partial charge in [0.05, 0.1) is 7.11 Å². The van der Waals surface area contributed by atoms with E-state index in [4.69, 9.17) is 14.6 Å². The van der Waals surface area contributed by atoms with Gasteiger partial charge in [0.25, 0.3) is 0 Å². The van der Waals surface area contributed by atoms with Crippen molar-refractivity contribution in [2.24, 2.45) is 0 Å². The van der Waals surface area contributed by atoms with E-state index in [1.54, 1.807) is 20.1 Å². The monoisotopic (exact) mass is 273 g/mol. The van der Waals surface area contributed by atoms with Gasteiger partial charge in [-0.1, -0.05) is 12.1 Å². The molecule has 1 heterocycles. The van der Waals surface area contributed by atoms with Gasteiger partial charge >= 0.3 is 5.97 Å². The van der Waals surface area contributed by atoms with Crippen molar-refractivity contribution < 1.29 is 19.4 Å². The molecule has 0 radical (unpaired) electrons. The molecule has 1 aromatic carbocycles. The Kier molecular flexibility index (Phi) is 4.20. The topological polar surface area (TPSA) is 68.7 Å². The number of aromatic nitrogens is 1. The van der Waals surface area contributed by atoms with Gasteiger partial charge in [-0.25, -0.2) is 4.79 Å². The summed E-state index contributed by atoms with van der Waals surface area (Å²) < 4.78 is 10.7. The van der Waals surface area contributed by atoms with Gasteiger partial charge in [0, 0.05) is 18.0 Å².